The normalized spacial score (nSPS) is 16.0. The second-order valence-electron chi connectivity index (χ2n) is 7.57. The Labute approximate surface area is 176 Å². The van der Waals surface area contributed by atoms with Crippen LogP contribution in [0.3, 0.4) is 0 Å². The van der Waals surface area contributed by atoms with E-state index in [-0.39, 0.29) is 22.8 Å². The van der Waals surface area contributed by atoms with E-state index in [1.54, 1.807) is 35.9 Å². The minimum Gasteiger partial charge on any atom is -0.507 e. The number of sulfonamides is 1. The number of cyclic esters (lactones) is 1. The Hall–Kier alpha value is -2.81. The summed E-state index contributed by atoms with van der Waals surface area (Å²) in [5.41, 5.74) is 0.298. The molecule has 8 nitrogen and oxygen atoms in total. The van der Waals surface area contributed by atoms with Crippen LogP contribution in [0.25, 0.3) is 0 Å². The average Bonchev–Trinajstić information content (AvgIpc) is 3.21. The molecule has 0 amide bonds. The summed E-state index contributed by atoms with van der Waals surface area (Å²) in [7, 11) is -2.14. The fourth-order valence-corrected chi connectivity index (χ4v) is 4.80. The van der Waals surface area contributed by atoms with Crippen molar-refractivity contribution in [1.29, 1.82) is 0 Å². The summed E-state index contributed by atoms with van der Waals surface area (Å²) < 4.78 is 34.6. The van der Waals surface area contributed by atoms with Gasteiger partial charge in [0.25, 0.3) is 10.0 Å². The van der Waals surface area contributed by atoms with Gasteiger partial charge in [-0.1, -0.05) is 38.8 Å². The highest BCUT2D eigenvalue weighted by Gasteiger charge is 2.46. The third kappa shape index (κ3) is 4.35. The number of rotatable bonds is 9. The Morgan fingerprint density at radius 3 is 2.53 bits per heavy atom. The van der Waals surface area contributed by atoms with E-state index in [1.807, 2.05) is 13.8 Å². The highest BCUT2D eigenvalue weighted by atomic mass is 32.2. The van der Waals surface area contributed by atoms with E-state index in [4.69, 9.17) is 4.74 Å². The van der Waals surface area contributed by atoms with Crippen molar-refractivity contribution in [2.75, 3.05) is 4.72 Å². The molecule has 1 aromatic carbocycles. The number of aliphatic hydroxyl groups excluding tert-OH is 1. The molecule has 162 valence electrons. The molecule has 3 rings (SSSR count). The number of carbonyl (C=O) groups excluding carboxylic acids is 1. The first kappa shape index (κ1) is 21.9. The molecule has 0 spiro atoms. The van der Waals surface area contributed by atoms with E-state index in [0.29, 0.717) is 24.1 Å². The molecule has 0 fully saturated rings. The van der Waals surface area contributed by atoms with Gasteiger partial charge >= 0.3 is 5.97 Å². The minimum atomic E-state index is -3.83. The lowest BCUT2D eigenvalue weighted by Crippen LogP contribution is -2.31. The number of aliphatic hydroxyl groups is 1. The standard InChI is InChI=1S/C21H27N3O5S/c1-4-9-21(10-5-2)19(25)17(20(26)29-21)12-15-7-6-8-16(11-15)23-30(27,28)18-13-24(3)14-22-18/h6-8,11,13-14,23,25H,4-5,9-10,12H2,1-3H3. The number of imidazole rings is 1. The molecule has 30 heavy (non-hydrogen) atoms. The molecule has 2 aromatic rings. The van der Waals surface area contributed by atoms with Crippen molar-refractivity contribution < 1.29 is 23.1 Å². The molecule has 0 radical (unpaired) electrons. The fraction of sp³-hybridized carbons (Fsp3) is 0.429. The van der Waals surface area contributed by atoms with E-state index in [1.165, 1.54) is 12.5 Å². The van der Waals surface area contributed by atoms with Crippen LogP contribution < -0.4 is 4.72 Å². The number of benzene rings is 1. The van der Waals surface area contributed by atoms with Crippen molar-refractivity contribution in [3.63, 3.8) is 0 Å². The Bertz CT molecular complexity index is 1070. The maximum Gasteiger partial charge on any atom is 0.338 e. The van der Waals surface area contributed by atoms with E-state index in [2.05, 4.69) is 9.71 Å². The summed E-state index contributed by atoms with van der Waals surface area (Å²) in [6.07, 6.45) is 5.64. The first-order chi connectivity index (χ1) is 14.2. The predicted molar refractivity (Wildman–Crippen MR) is 112 cm³/mol. The van der Waals surface area contributed by atoms with Crippen molar-refractivity contribution in [2.24, 2.45) is 7.05 Å². The quantitative estimate of drug-likeness (QED) is 0.586. The van der Waals surface area contributed by atoms with Crippen molar-refractivity contribution in [3.05, 3.63) is 53.7 Å². The van der Waals surface area contributed by atoms with Crippen LogP contribution in [0.2, 0.25) is 0 Å². The molecule has 0 saturated carbocycles. The SMILES string of the molecule is CCCC1(CCC)OC(=O)C(Cc2cccc(NS(=O)(=O)c3cn(C)cn3)c2)=C1O. The third-order valence-corrected chi connectivity index (χ3v) is 6.34. The molecule has 0 saturated heterocycles. The Kier molecular flexibility index (Phi) is 6.21. The lowest BCUT2D eigenvalue weighted by molar-refractivity contribution is -0.149. The highest BCUT2D eigenvalue weighted by Crippen LogP contribution is 2.40. The summed E-state index contributed by atoms with van der Waals surface area (Å²) in [5, 5.41) is 10.7. The summed E-state index contributed by atoms with van der Waals surface area (Å²) in [6, 6.07) is 6.71. The van der Waals surface area contributed by atoms with Gasteiger partial charge in [0.1, 0.15) is 5.76 Å². The number of hydrogen-bond donors (Lipinski definition) is 2. The number of hydrogen-bond acceptors (Lipinski definition) is 6. The van der Waals surface area contributed by atoms with Crippen LogP contribution >= 0.6 is 0 Å². The lowest BCUT2D eigenvalue weighted by Gasteiger charge is -2.27. The van der Waals surface area contributed by atoms with Crippen LogP contribution in [-0.2, 0) is 33.0 Å². The van der Waals surface area contributed by atoms with Gasteiger partial charge in [-0.15, -0.1) is 0 Å². The molecule has 0 atom stereocenters. The van der Waals surface area contributed by atoms with Crippen LogP contribution in [-0.4, -0.2) is 34.6 Å². The molecule has 1 aliphatic heterocycles. The molecular formula is C21H27N3O5S. The Morgan fingerprint density at radius 2 is 1.93 bits per heavy atom. The summed E-state index contributed by atoms with van der Waals surface area (Å²) >= 11 is 0. The zero-order valence-corrected chi connectivity index (χ0v) is 18.2. The number of aryl methyl sites for hydroxylation is 1. The van der Waals surface area contributed by atoms with Gasteiger partial charge in [-0.25, -0.2) is 9.78 Å². The van der Waals surface area contributed by atoms with Gasteiger partial charge in [0.2, 0.25) is 0 Å². The zero-order valence-electron chi connectivity index (χ0n) is 17.4. The number of aromatic nitrogens is 2. The topological polar surface area (TPSA) is 111 Å². The minimum absolute atomic E-state index is 0.00401. The number of nitrogens with zero attached hydrogens (tertiary/aromatic N) is 2. The van der Waals surface area contributed by atoms with Crippen LogP contribution in [0.15, 0.2) is 53.1 Å². The molecule has 2 heterocycles. The van der Waals surface area contributed by atoms with Crippen molar-refractivity contribution >= 4 is 21.7 Å². The number of esters is 1. The molecule has 1 aromatic heterocycles. The smallest absolute Gasteiger partial charge is 0.338 e. The van der Waals surface area contributed by atoms with Gasteiger partial charge < -0.3 is 14.4 Å². The first-order valence-corrected chi connectivity index (χ1v) is 11.4. The first-order valence-electron chi connectivity index (χ1n) is 9.96. The molecule has 0 aliphatic carbocycles. The molecular weight excluding hydrogens is 406 g/mol. The highest BCUT2D eigenvalue weighted by molar-refractivity contribution is 7.92. The fourth-order valence-electron chi connectivity index (χ4n) is 3.77. The van der Waals surface area contributed by atoms with Crippen LogP contribution in [0, 0.1) is 0 Å². The van der Waals surface area contributed by atoms with Crippen LogP contribution in [0.5, 0.6) is 0 Å². The van der Waals surface area contributed by atoms with E-state index >= 15 is 0 Å². The maximum atomic E-state index is 12.5. The van der Waals surface area contributed by atoms with Crippen molar-refractivity contribution in [3.8, 4) is 0 Å². The summed E-state index contributed by atoms with van der Waals surface area (Å²) in [6.45, 7) is 3.96. The number of carbonyl (C=O) groups is 1. The molecule has 2 N–H and O–H groups in total. The van der Waals surface area contributed by atoms with Gasteiger partial charge in [0.05, 0.1) is 11.9 Å². The van der Waals surface area contributed by atoms with E-state index < -0.39 is 21.6 Å². The molecule has 1 aliphatic rings. The summed E-state index contributed by atoms with van der Waals surface area (Å²) in [4.78, 5) is 16.4. The second kappa shape index (κ2) is 8.51. The van der Waals surface area contributed by atoms with Crippen LogP contribution in [0.4, 0.5) is 5.69 Å². The molecule has 9 heteroatoms. The number of anilines is 1. The molecule has 0 unspecified atom stereocenters. The van der Waals surface area contributed by atoms with E-state index in [9.17, 15) is 18.3 Å². The second-order valence-corrected chi connectivity index (χ2v) is 9.20. The lowest BCUT2D eigenvalue weighted by atomic mass is 9.89. The van der Waals surface area contributed by atoms with Gasteiger partial charge in [0, 0.05) is 25.4 Å². The monoisotopic (exact) mass is 433 g/mol. The number of nitrogens with one attached hydrogen (secondary N) is 1. The third-order valence-electron chi connectivity index (χ3n) is 5.08. The number of ether oxygens (including phenoxy) is 1. The Morgan fingerprint density at radius 1 is 1.23 bits per heavy atom. The average molecular weight is 434 g/mol. The zero-order chi connectivity index (χ0) is 21.9. The van der Waals surface area contributed by atoms with E-state index in [0.717, 1.165) is 12.8 Å². The maximum absolute atomic E-state index is 12.5. The van der Waals surface area contributed by atoms with Crippen molar-refractivity contribution in [2.45, 2.75) is 56.6 Å². The predicted octanol–water partition coefficient (Wildman–Crippen LogP) is 3.47. The van der Waals surface area contributed by atoms with Crippen LogP contribution in [0.1, 0.15) is 45.1 Å². The van der Waals surface area contributed by atoms with Gasteiger partial charge in [-0.05, 0) is 30.5 Å². The van der Waals surface area contributed by atoms with Gasteiger partial charge in [-0.2, -0.15) is 8.42 Å². The Balaban J connectivity index is 1.84. The largest absolute Gasteiger partial charge is 0.507 e. The van der Waals surface area contributed by atoms with Gasteiger partial charge in [0.15, 0.2) is 10.6 Å². The van der Waals surface area contributed by atoms with Crippen molar-refractivity contribution in [1.82, 2.24) is 9.55 Å². The molecule has 0 bridgehead atoms. The summed E-state index contributed by atoms with van der Waals surface area (Å²) in [5.74, 6) is -0.524. The van der Waals surface area contributed by atoms with Gasteiger partial charge in [-0.3, -0.25) is 4.72 Å².